The lowest BCUT2D eigenvalue weighted by molar-refractivity contribution is -0.127. The highest BCUT2D eigenvalue weighted by Crippen LogP contribution is 2.14. The molecule has 1 aliphatic heterocycles. The van der Waals surface area contributed by atoms with E-state index < -0.39 is 12.1 Å². The van der Waals surface area contributed by atoms with Gasteiger partial charge in [0.05, 0.1) is 23.9 Å². The van der Waals surface area contributed by atoms with Gasteiger partial charge in [-0.15, -0.1) is 5.10 Å². The molecular weight excluding hydrogens is 360 g/mol. The molecule has 2 aromatic rings. The van der Waals surface area contributed by atoms with Crippen LogP contribution in [0.1, 0.15) is 37.6 Å². The molecule has 3 amide bonds. The predicted molar refractivity (Wildman–Crippen MR) is 99.4 cm³/mol. The summed E-state index contributed by atoms with van der Waals surface area (Å²) < 4.78 is 7.30. The van der Waals surface area contributed by atoms with Gasteiger partial charge >= 0.3 is 6.03 Å². The van der Waals surface area contributed by atoms with E-state index in [1.54, 1.807) is 35.1 Å². The van der Waals surface area contributed by atoms with Crippen LogP contribution in [0.25, 0.3) is 0 Å². The zero-order chi connectivity index (χ0) is 20.1. The number of hydrogen-bond acceptors (Lipinski definition) is 6. The predicted octanol–water partition coefficient (Wildman–Crippen LogP) is 1.66. The molecular formula is C19H22N6O3. The van der Waals surface area contributed by atoms with Crippen LogP contribution in [-0.2, 0) is 11.2 Å². The average Bonchev–Trinajstić information content (AvgIpc) is 3.25. The molecule has 1 aromatic heterocycles. The monoisotopic (exact) mass is 382 g/mol. The fraction of sp³-hybridized carbons (Fsp3) is 0.421. The smallest absolute Gasteiger partial charge is 0.324 e. The molecule has 0 bridgehead atoms. The Bertz CT molecular complexity index is 884. The van der Waals surface area contributed by atoms with Crippen molar-refractivity contribution in [2.24, 2.45) is 0 Å². The largest absolute Gasteiger partial charge is 0.494 e. The van der Waals surface area contributed by atoms with Crippen LogP contribution in [-0.4, -0.2) is 51.0 Å². The average molecular weight is 382 g/mol. The summed E-state index contributed by atoms with van der Waals surface area (Å²) in [5.74, 6) is 0.379. The number of amides is 3. The fourth-order valence-electron chi connectivity index (χ4n) is 2.83. The first-order valence-electron chi connectivity index (χ1n) is 9.13. The van der Waals surface area contributed by atoms with E-state index in [1.807, 2.05) is 19.9 Å². The van der Waals surface area contributed by atoms with Gasteiger partial charge in [0.25, 0.3) is 5.91 Å². The van der Waals surface area contributed by atoms with Crippen LogP contribution in [0.2, 0.25) is 0 Å². The van der Waals surface area contributed by atoms with Crippen LogP contribution in [0, 0.1) is 11.3 Å². The third kappa shape index (κ3) is 4.46. The van der Waals surface area contributed by atoms with E-state index >= 15 is 0 Å². The number of rotatable bonds is 8. The second-order valence-corrected chi connectivity index (χ2v) is 6.82. The van der Waals surface area contributed by atoms with Crippen molar-refractivity contribution in [1.82, 2.24) is 25.2 Å². The van der Waals surface area contributed by atoms with Crippen LogP contribution in [0.3, 0.4) is 0 Å². The molecule has 1 N–H and O–H groups in total. The second kappa shape index (κ2) is 8.52. The Labute approximate surface area is 162 Å². The zero-order valence-corrected chi connectivity index (χ0v) is 15.8. The van der Waals surface area contributed by atoms with Gasteiger partial charge in [0, 0.05) is 25.2 Å². The van der Waals surface area contributed by atoms with Crippen molar-refractivity contribution in [3.63, 3.8) is 0 Å². The first kappa shape index (κ1) is 19.4. The van der Waals surface area contributed by atoms with Crippen LogP contribution >= 0.6 is 0 Å². The number of aromatic nitrogens is 3. The number of urea groups is 1. The quantitative estimate of drug-likeness (QED) is 0.549. The minimum atomic E-state index is -0.621. The third-order valence-electron chi connectivity index (χ3n) is 4.39. The molecule has 1 atom stereocenters. The van der Waals surface area contributed by atoms with Crippen molar-refractivity contribution in [2.45, 2.75) is 38.8 Å². The van der Waals surface area contributed by atoms with E-state index in [0.717, 1.165) is 0 Å². The van der Waals surface area contributed by atoms with E-state index in [9.17, 15) is 9.59 Å². The first-order valence-corrected chi connectivity index (χ1v) is 9.13. The number of hydrogen-bond donors (Lipinski definition) is 1. The van der Waals surface area contributed by atoms with Crippen LogP contribution in [0.15, 0.2) is 30.5 Å². The van der Waals surface area contributed by atoms with Gasteiger partial charge < -0.3 is 10.1 Å². The molecule has 146 valence electrons. The molecule has 9 nitrogen and oxygen atoms in total. The molecule has 3 rings (SSSR count). The number of benzene rings is 1. The van der Waals surface area contributed by atoms with Crippen molar-refractivity contribution < 1.29 is 14.3 Å². The van der Waals surface area contributed by atoms with Gasteiger partial charge in [-0.05, 0) is 44.5 Å². The second-order valence-electron chi connectivity index (χ2n) is 6.82. The van der Waals surface area contributed by atoms with Gasteiger partial charge in [0.15, 0.2) is 0 Å². The van der Waals surface area contributed by atoms with Crippen LogP contribution in [0.4, 0.5) is 4.79 Å². The Morgan fingerprint density at radius 1 is 1.29 bits per heavy atom. The van der Waals surface area contributed by atoms with Gasteiger partial charge in [-0.1, -0.05) is 5.21 Å². The number of imide groups is 1. The minimum Gasteiger partial charge on any atom is -0.494 e. The fourth-order valence-corrected chi connectivity index (χ4v) is 2.83. The Balaban J connectivity index is 1.47. The molecule has 0 aliphatic carbocycles. The van der Waals surface area contributed by atoms with Gasteiger partial charge in [0.1, 0.15) is 11.8 Å². The van der Waals surface area contributed by atoms with Gasteiger partial charge in [-0.25, -0.2) is 9.48 Å². The van der Waals surface area contributed by atoms with Gasteiger partial charge in [-0.3, -0.25) is 9.69 Å². The summed E-state index contributed by atoms with van der Waals surface area (Å²) in [6, 6.07) is 7.98. The SMILES string of the molecule is CC(C)n1cc(C[C@@H]2NC(=O)N(CCCOc3ccc(C#N)cc3)C2=O)nn1. The summed E-state index contributed by atoms with van der Waals surface area (Å²) in [5, 5.41) is 19.6. The summed E-state index contributed by atoms with van der Waals surface area (Å²) in [5.41, 5.74) is 1.23. The highest BCUT2D eigenvalue weighted by molar-refractivity contribution is 6.04. The Morgan fingerprint density at radius 3 is 2.68 bits per heavy atom. The molecule has 28 heavy (non-hydrogen) atoms. The van der Waals surface area contributed by atoms with E-state index in [4.69, 9.17) is 10.00 Å². The molecule has 2 heterocycles. The number of ether oxygens (including phenoxy) is 1. The van der Waals surface area contributed by atoms with Crippen molar-refractivity contribution in [3.05, 3.63) is 41.7 Å². The normalized spacial score (nSPS) is 16.4. The van der Waals surface area contributed by atoms with Crippen LogP contribution in [0.5, 0.6) is 5.75 Å². The number of carbonyl (C=O) groups is 2. The van der Waals surface area contributed by atoms with E-state index in [-0.39, 0.29) is 18.5 Å². The number of nitriles is 1. The summed E-state index contributed by atoms with van der Waals surface area (Å²) in [6.07, 6.45) is 2.61. The highest BCUT2D eigenvalue weighted by atomic mass is 16.5. The number of nitrogens with zero attached hydrogens (tertiary/aromatic N) is 5. The first-order chi connectivity index (χ1) is 13.5. The lowest BCUT2D eigenvalue weighted by Crippen LogP contribution is -2.33. The Morgan fingerprint density at radius 2 is 2.04 bits per heavy atom. The van der Waals surface area contributed by atoms with Crippen LogP contribution < -0.4 is 10.1 Å². The molecule has 1 aromatic carbocycles. The number of carbonyl (C=O) groups excluding carboxylic acids is 2. The van der Waals surface area contributed by atoms with Gasteiger partial charge in [-0.2, -0.15) is 5.26 Å². The molecule has 1 fully saturated rings. The van der Waals surface area contributed by atoms with E-state index in [1.165, 1.54) is 4.90 Å². The van der Waals surface area contributed by atoms with Crippen molar-refractivity contribution in [3.8, 4) is 11.8 Å². The number of nitrogens with one attached hydrogen (secondary N) is 1. The molecule has 0 spiro atoms. The summed E-state index contributed by atoms with van der Waals surface area (Å²) >= 11 is 0. The lowest BCUT2D eigenvalue weighted by Gasteiger charge is -2.13. The molecule has 1 saturated heterocycles. The van der Waals surface area contributed by atoms with Crippen molar-refractivity contribution in [2.75, 3.05) is 13.2 Å². The van der Waals surface area contributed by atoms with E-state index in [2.05, 4.69) is 15.6 Å². The Hall–Kier alpha value is -3.41. The summed E-state index contributed by atoms with van der Waals surface area (Å²) in [6.45, 7) is 4.61. The lowest BCUT2D eigenvalue weighted by atomic mass is 10.1. The maximum absolute atomic E-state index is 12.5. The third-order valence-corrected chi connectivity index (χ3v) is 4.39. The minimum absolute atomic E-state index is 0.183. The van der Waals surface area contributed by atoms with Gasteiger partial charge in [0.2, 0.25) is 0 Å². The maximum atomic E-state index is 12.5. The summed E-state index contributed by atoms with van der Waals surface area (Å²) in [7, 11) is 0. The maximum Gasteiger partial charge on any atom is 0.324 e. The molecule has 0 saturated carbocycles. The highest BCUT2D eigenvalue weighted by Gasteiger charge is 2.37. The standard InChI is InChI=1S/C19H22N6O3/c1-13(2)25-12-15(22-23-25)10-17-18(26)24(19(27)21-17)8-3-9-28-16-6-4-14(11-20)5-7-16/h4-7,12-13,17H,3,8-10H2,1-2H3,(H,21,27)/t17-/m0/s1. The molecule has 0 radical (unpaired) electrons. The Kier molecular flexibility index (Phi) is 5.89. The molecule has 9 heteroatoms. The molecule has 1 aliphatic rings. The topological polar surface area (TPSA) is 113 Å². The zero-order valence-electron chi connectivity index (χ0n) is 15.8. The van der Waals surface area contributed by atoms with Crippen molar-refractivity contribution >= 4 is 11.9 Å². The molecule has 0 unspecified atom stereocenters. The van der Waals surface area contributed by atoms with Crippen molar-refractivity contribution in [1.29, 1.82) is 5.26 Å². The van der Waals surface area contributed by atoms with E-state index in [0.29, 0.717) is 36.5 Å². The summed E-state index contributed by atoms with van der Waals surface area (Å²) in [4.78, 5) is 25.8.